The normalized spacial score (nSPS) is 12.2. The van der Waals surface area contributed by atoms with Crippen molar-refractivity contribution in [1.29, 1.82) is 0 Å². The van der Waals surface area contributed by atoms with E-state index in [2.05, 4.69) is 16.9 Å². The Hall–Kier alpha value is -0.730. The van der Waals surface area contributed by atoms with Crippen molar-refractivity contribution in [2.45, 2.75) is 32.3 Å². The summed E-state index contributed by atoms with van der Waals surface area (Å²) in [6, 6.07) is 0. The van der Waals surface area contributed by atoms with Gasteiger partial charge >= 0.3 is 0 Å². The molecule has 1 unspecified atom stereocenters. The highest BCUT2D eigenvalue weighted by Gasteiger charge is 1.99. The van der Waals surface area contributed by atoms with Gasteiger partial charge in [0.15, 0.2) is 0 Å². The molecule has 0 saturated carbocycles. The predicted molar refractivity (Wildman–Crippen MR) is 39.5 cm³/mol. The van der Waals surface area contributed by atoms with Gasteiger partial charge in [-0.3, -0.25) is 0 Å². The minimum atomic E-state index is -0.448. The van der Waals surface area contributed by atoms with Gasteiger partial charge in [-0.25, -0.2) is 0 Å². The van der Waals surface area contributed by atoms with Crippen molar-refractivity contribution in [3.8, 4) is 0 Å². The maximum atomic E-state index is 9.05. The van der Waals surface area contributed by atoms with Crippen molar-refractivity contribution in [3.63, 3.8) is 0 Å². The average molecular weight is 143 g/mol. The number of azide groups is 1. The summed E-state index contributed by atoms with van der Waals surface area (Å²) in [5, 5.41) is 12.3. The first-order valence-electron chi connectivity index (χ1n) is 3.50. The maximum Gasteiger partial charge on any atom is 0.0596 e. The zero-order valence-corrected chi connectivity index (χ0v) is 6.19. The lowest BCUT2D eigenvalue weighted by atomic mass is 10.2. The number of hydrogen-bond acceptors (Lipinski definition) is 2. The van der Waals surface area contributed by atoms with Crippen LogP contribution in [0.25, 0.3) is 10.4 Å². The molecule has 1 atom stereocenters. The first-order valence-corrected chi connectivity index (χ1v) is 3.50. The monoisotopic (exact) mass is 143 g/mol. The highest BCUT2D eigenvalue weighted by atomic mass is 16.3. The number of rotatable bonds is 5. The molecule has 0 spiro atoms. The average Bonchev–Trinajstić information content (AvgIpc) is 1.97. The predicted octanol–water partition coefficient (Wildman–Crippen LogP) is 1.85. The molecule has 0 heterocycles. The molecule has 0 rings (SSSR count). The van der Waals surface area contributed by atoms with Crippen molar-refractivity contribution >= 4 is 0 Å². The summed E-state index contributed by atoms with van der Waals surface area (Å²) in [6.45, 7) is 2.26. The van der Waals surface area contributed by atoms with Crippen LogP contribution in [0.4, 0.5) is 0 Å². The second-order valence-corrected chi connectivity index (χ2v) is 2.21. The van der Waals surface area contributed by atoms with E-state index < -0.39 is 6.10 Å². The third kappa shape index (κ3) is 5.41. The van der Waals surface area contributed by atoms with Crippen LogP contribution in [-0.4, -0.2) is 17.8 Å². The van der Waals surface area contributed by atoms with Crippen LogP contribution in [0.2, 0.25) is 0 Å². The molecular weight excluding hydrogens is 130 g/mol. The van der Waals surface area contributed by atoms with Crippen LogP contribution in [0.15, 0.2) is 5.11 Å². The lowest BCUT2D eigenvalue weighted by Gasteiger charge is -2.03. The van der Waals surface area contributed by atoms with E-state index in [4.69, 9.17) is 10.6 Å². The number of unbranched alkanes of at least 4 members (excludes halogenated alkanes) is 1. The van der Waals surface area contributed by atoms with Gasteiger partial charge in [0.1, 0.15) is 0 Å². The molecule has 0 saturated heterocycles. The Morgan fingerprint density at radius 2 is 2.40 bits per heavy atom. The fourth-order valence-electron chi connectivity index (χ4n) is 0.662. The van der Waals surface area contributed by atoms with Gasteiger partial charge in [-0.15, -0.1) is 0 Å². The second kappa shape index (κ2) is 6.39. The molecule has 0 fully saturated rings. The van der Waals surface area contributed by atoms with Crippen molar-refractivity contribution < 1.29 is 5.11 Å². The number of nitrogens with zero attached hydrogens (tertiary/aromatic N) is 3. The Kier molecular flexibility index (Phi) is 5.92. The van der Waals surface area contributed by atoms with Crippen LogP contribution >= 0.6 is 0 Å². The van der Waals surface area contributed by atoms with Gasteiger partial charge < -0.3 is 5.11 Å². The first kappa shape index (κ1) is 9.27. The summed E-state index contributed by atoms with van der Waals surface area (Å²) >= 11 is 0. The molecule has 0 amide bonds. The van der Waals surface area contributed by atoms with E-state index in [0.717, 1.165) is 19.3 Å². The molecule has 1 N–H and O–H groups in total. The van der Waals surface area contributed by atoms with Gasteiger partial charge in [0.25, 0.3) is 0 Å². The molecule has 4 heteroatoms. The number of aliphatic hydroxyl groups is 1. The SMILES string of the molecule is CCCCC(O)CN=[N+]=[N-]. The van der Waals surface area contributed by atoms with Crippen molar-refractivity contribution in [2.75, 3.05) is 6.54 Å². The highest BCUT2D eigenvalue weighted by molar-refractivity contribution is 4.58. The third-order valence-electron chi connectivity index (χ3n) is 1.25. The summed E-state index contributed by atoms with van der Waals surface area (Å²) in [5.41, 5.74) is 7.89. The molecule has 0 aliphatic rings. The number of hydrogen-bond donors (Lipinski definition) is 1. The van der Waals surface area contributed by atoms with Gasteiger partial charge in [-0.2, -0.15) is 0 Å². The van der Waals surface area contributed by atoms with E-state index in [1.807, 2.05) is 0 Å². The van der Waals surface area contributed by atoms with E-state index in [1.165, 1.54) is 0 Å². The standard InChI is InChI=1S/C6H13N3O/c1-2-3-4-6(10)5-8-9-7/h6,10H,2-5H2,1H3. The molecule has 0 bridgehead atoms. The van der Waals surface area contributed by atoms with Crippen LogP contribution < -0.4 is 0 Å². The molecule has 10 heavy (non-hydrogen) atoms. The summed E-state index contributed by atoms with van der Waals surface area (Å²) in [6.07, 6.45) is 2.33. The zero-order valence-electron chi connectivity index (χ0n) is 6.19. The van der Waals surface area contributed by atoms with E-state index in [-0.39, 0.29) is 6.54 Å². The molecule has 0 aliphatic heterocycles. The van der Waals surface area contributed by atoms with E-state index in [1.54, 1.807) is 0 Å². The Balaban J connectivity index is 3.24. The molecule has 58 valence electrons. The Morgan fingerprint density at radius 3 is 2.90 bits per heavy atom. The van der Waals surface area contributed by atoms with E-state index >= 15 is 0 Å². The van der Waals surface area contributed by atoms with Gasteiger partial charge in [0.05, 0.1) is 12.6 Å². The molecule has 0 aliphatic carbocycles. The summed E-state index contributed by atoms with van der Waals surface area (Å²) in [4.78, 5) is 2.55. The lowest BCUT2D eigenvalue weighted by Crippen LogP contribution is -2.09. The van der Waals surface area contributed by atoms with Crippen LogP contribution in [0.1, 0.15) is 26.2 Å². The zero-order chi connectivity index (χ0) is 7.82. The third-order valence-corrected chi connectivity index (χ3v) is 1.25. The van der Waals surface area contributed by atoms with Gasteiger partial charge in [0.2, 0.25) is 0 Å². The Labute approximate surface area is 60.5 Å². The minimum Gasteiger partial charge on any atom is -0.393 e. The van der Waals surface area contributed by atoms with Gasteiger partial charge in [-0.05, 0) is 12.0 Å². The Morgan fingerprint density at radius 1 is 1.70 bits per heavy atom. The van der Waals surface area contributed by atoms with E-state index in [9.17, 15) is 0 Å². The summed E-state index contributed by atoms with van der Waals surface area (Å²) in [7, 11) is 0. The molecule has 0 radical (unpaired) electrons. The van der Waals surface area contributed by atoms with E-state index in [0.29, 0.717) is 0 Å². The molecule has 0 aromatic heterocycles. The topological polar surface area (TPSA) is 69.0 Å². The Bertz CT molecular complexity index is 120. The maximum absolute atomic E-state index is 9.05. The number of aliphatic hydroxyl groups excluding tert-OH is 1. The summed E-state index contributed by atoms with van der Waals surface area (Å²) in [5.74, 6) is 0. The van der Waals surface area contributed by atoms with Crippen LogP contribution in [-0.2, 0) is 0 Å². The second-order valence-electron chi connectivity index (χ2n) is 2.21. The van der Waals surface area contributed by atoms with Gasteiger partial charge in [0, 0.05) is 4.91 Å². The fourth-order valence-corrected chi connectivity index (χ4v) is 0.662. The van der Waals surface area contributed by atoms with Crippen molar-refractivity contribution in [1.82, 2.24) is 0 Å². The molecule has 0 aromatic rings. The molecule has 4 nitrogen and oxygen atoms in total. The highest BCUT2D eigenvalue weighted by Crippen LogP contribution is 1.99. The molecular formula is C6H13N3O. The van der Waals surface area contributed by atoms with Crippen molar-refractivity contribution in [2.24, 2.45) is 5.11 Å². The fraction of sp³-hybridized carbons (Fsp3) is 1.00. The first-order chi connectivity index (χ1) is 4.81. The lowest BCUT2D eigenvalue weighted by molar-refractivity contribution is 0.169. The largest absolute Gasteiger partial charge is 0.393 e. The van der Waals surface area contributed by atoms with Gasteiger partial charge in [-0.1, -0.05) is 24.9 Å². The quantitative estimate of drug-likeness (QED) is 0.356. The van der Waals surface area contributed by atoms with Crippen LogP contribution in [0, 0.1) is 0 Å². The van der Waals surface area contributed by atoms with Crippen molar-refractivity contribution in [3.05, 3.63) is 10.4 Å². The molecule has 0 aromatic carbocycles. The van der Waals surface area contributed by atoms with Crippen LogP contribution in [0.5, 0.6) is 0 Å². The van der Waals surface area contributed by atoms with Crippen LogP contribution in [0.3, 0.4) is 0 Å². The smallest absolute Gasteiger partial charge is 0.0596 e. The summed E-state index contributed by atoms with van der Waals surface area (Å²) < 4.78 is 0. The minimum absolute atomic E-state index is 0.205.